The van der Waals surface area contributed by atoms with E-state index >= 15 is 0 Å². The fourth-order valence-electron chi connectivity index (χ4n) is 2.26. The molecule has 1 aliphatic heterocycles. The number of hydrogen-bond acceptors (Lipinski definition) is 4. The summed E-state index contributed by atoms with van der Waals surface area (Å²) in [7, 11) is 2.11. The minimum Gasteiger partial charge on any atom is -0.395 e. The van der Waals surface area contributed by atoms with Gasteiger partial charge < -0.3 is 15.2 Å². The van der Waals surface area contributed by atoms with Gasteiger partial charge in [-0.25, -0.2) is 0 Å². The number of rotatable bonds is 6. The van der Waals surface area contributed by atoms with Crippen molar-refractivity contribution in [3.05, 3.63) is 0 Å². The first-order valence-corrected chi connectivity index (χ1v) is 5.85. The predicted octanol–water partition coefficient (Wildman–Crippen LogP) is 0.0660. The van der Waals surface area contributed by atoms with Crippen LogP contribution in [0.5, 0.6) is 0 Å². The second-order valence-corrected chi connectivity index (χ2v) is 4.31. The van der Waals surface area contributed by atoms with E-state index in [2.05, 4.69) is 31.1 Å². The van der Waals surface area contributed by atoms with E-state index in [0.717, 1.165) is 26.1 Å². The van der Waals surface area contributed by atoms with Gasteiger partial charge in [-0.1, -0.05) is 6.92 Å². The summed E-state index contributed by atoms with van der Waals surface area (Å²) in [6.45, 7) is 7.01. The molecule has 0 aromatic carbocycles. The van der Waals surface area contributed by atoms with Gasteiger partial charge in [0.1, 0.15) is 0 Å². The lowest BCUT2D eigenvalue weighted by atomic mass is 10.1. The van der Waals surface area contributed by atoms with Crippen LogP contribution in [0.1, 0.15) is 20.3 Å². The molecule has 15 heavy (non-hydrogen) atoms. The summed E-state index contributed by atoms with van der Waals surface area (Å²) >= 11 is 0. The predicted molar refractivity (Wildman–Crippen MR) is 61.0 cm³/mol. The molecule has 1 aliphatic rings. The minimum absolute atomic E-state index is 0.174. The van der Waals surface area contributed by atoms with Gasteiger partial charge >= 0.3 is 0 Å². The highest BCUT2D eigenvalue weighted by Crippen LogP contribution is 2.18. The van der Waals surface area contributed by atoms with Crippen LogP contribution in [0.25, 0.3) is 0 Å². The molecule has 0 spiro atoms. The van der Waals surface area contributed by atoms with E-state index in [1.54, 1.807) is 0 Å². The van der Waals surface area contributed by atoms with Crippen molar-refractivity contribution in [3.8, 4) is 0 Å². The third-order valence-corrected chi connectivity index (χ3v) is 3.12. The largest absolute Gasteiger partial charge is 0.395 e. The van der Waals surface area contributed by atoms with Crippen LogP contribution in [-0.4, -0.2) is 61.5 Å². The summed E-state index contributed by atoms with van der Waals surface area (Å²) in [5, 5.41) is 12.5. The number of ether oxygens (including phenoxy) is 1. The van der Waals surface area contributed by atoms with Crippen molar-refractivity contribution in [2.45, 2.75) is 38.5 Å². The highest BCUT2D eigenvalue weighted by Gasteiger charge is 2.28. The lowest BCUT2D eigenvalue weighted by Crippen LogP contribution is -2.47. The van der Waals surface area contributed by atoms with Crippen molar-refractivity contribution in [1.82, 2.24) is 10.2 Å². The maximum Gasteiger partial charge on any atom is 0.0702 e. The van der Waals surface area contributed by atoms with Crippen molar-refractivity contribution < 1.29 is 9.84 Å². The lowest BCUT2D eigenvalue weighted by Gasteiger charge is -2.30. The molecule has 0 bridgehead atoms. The zero-order chi connectivity index (χ0) is 11.3. The summed E-state index contributed by atoms with van der Waals surface area (Å²) in [5.74, 6) is 0. The highest BCUT2D eigenvalue weighted by atomic mass is 16.5. The molecule has 3 atom stereocenters. The Bertz CT molecular complexity index is 178. The van der Waals surface area contributed by atoms with Crippen molar-refractivity contribution in [2.24, 2.45) is 0 Å². The number of aliphatic hydroxyl groups is 1. The molecule has 0 saturated carbocycles. The molecule has 2 N–H and O–H groups in total. The first-order valence-electron chi connectivity index (χ1n) is 5.85. The summed E-state index contributed by atoms with van der Waals surface area (Å²) in [6.07, 6.45) is 1.41. The normalized spacial score (nSPS) is 28.6. The molecule has 1 fully saturated rings. The van der Waals surface area contributed by atoms with Crippen LogP contribution in [0.2, 0.25) is 0 Å². The molecule has 90 valence electrons. The Morgan fingerprint density at radius 1 is 1.60 bits per heavy atom. The fourth-order valence-corrected chi connectivity index (χ4v) is 2.26. The molecule has 3 unspecified atom stereocenters. The van der Waals surface area contributed by atoms with Gasteiger partial charge in [0.2, 0.25) is 0 Å². The topological polar surface area (TPSA) is 44.7 Å². The fraction of sp³-hybridized carbons (Fsp3) is 1.00. The minimum atomic E-state index is 0.174. The molecule has 1 saturated heterocycles. The van der Waals surface area contributed by atoms with Gasteiger partial charge in [0, 0.05) is 25.2 Å². The number of nitrogens with one attached hydrogen (secondary N) is 1. The van der Waals surface area contributed by atoms with Crippen molar-refractivity contribution in [2.75, 3.05) is 33.4 Å². The summed E-state index contributed by atoms with van der Waals surface area (Å²) in [4.78, 5) is 2.29. The monoisotopic (exact) mass is 216 g/mol. The Morgan fingerprint density at radius 2 is 2.33 bits per heavy atom. The summed E-state index contributed by atoms with van der Waals surface area (Å²) in [5.41, 5.74) is 0. The zero-order valence-corrected chi connectivity index (χ0v) is 10.1. The Morgan fingerprint density at radius 3 is 2.80 bits per heavy atom. The van der Waals surface area contributed by atoms with Crippen LogP contribution in [0, 0.1) is 0 Å². The van der Waals surface area contributed by atoms with Gasteiger partial charge in [-0.15, -0.1) is 0 Å². The van der Waals surface area contributed by atoms with Crippen LogP contribution in [0.4, 0.5) is 0 Å². The SMILES string of the molecule is CCNC(CO)CN(C)C1CCOC1C. The Labute approximate surface area is 92.6 Å². The van der Waals surface area contributed by atoms with Crippen molar-refractivity contribution in [1.29, 1.82) is 0 Å². The summed E-state index contributed by atoms with van der Waals surface area (Å²) in [6, 6.07) is 0.672. The van der Waals surface area contributed by atoms with Crippen LogP contribution >= 0.6 is 0 Å². The summed E-state index contributed by atoms with van der Waals surface area (Å²) < 4.78 is 5.54. The quantitative estimate of drug-likeness (QED) is 0.659. The van der Waals surface area contributed by atoms with Crippen LogP contribution in [-0.2, 0) is 4.74 Å². The molecule has 0 aromatic heterocycles. The van der Waals surface area contributed by atoms with Crippen LogP contribution in [0.3, 0.4) is 0 Å². The second kappa shape index (κ2) is 6.43. The zero-order valence-electron chi connectivity index (χ0n) is 10.1. The Kier molecular flexibility index (Phi) is 5.53. The highest BCUT2D eigenvalue weighted by molar-refractivity contribution is 4.82. The number of likely N-dealkylation sites (N-methyl/N-ethyl adjacent to an activating group) is 2. The molecule has 0 amide bonds. The van der Waals surface area contributed by atoms with Gasteiger partial charge in [0.25, 0.3) is 0 Å². The Balaban J connectivity index is 2.35. The second-order valence-electron chi connectivity index (χ2n) is 4.31. The lowest BCUT2D eigenvalue weighted by molar-refractivity contribution is 0.0764. The van der Waals surface area contributed by atoms with E-state index in [1.807, 2.05) is 0 Å². The first-order chi connectivity index (χ1) is 7.19. The maximum atomic E-state index is 9.19. The third-order valence-electron chi connectivity index (χ3n) is 3.12. The molecule has 1 heterocycles. The van der Waals surface area contributed by atoms with Gasteiger partial charge in [0.15, 0.2) is 0 Å². The molecule has 0 radical (unpaired) electrons. The average molecular weight is 216 g/mol. The standard InChI is InChI=1S/C11H24N2O2/c1-4-12-10(8-14)7-13(3)11-5-6-15-9(11)2/h9-12,14H,4-8H2,1-3H3. The molecule has 4 heteroatoms. The third kappa shape index (κ3) is 3.72. The van der Waals surface area contributed by atoms with E-state index in [9.17, 15) is 5.11 Å². The van der Waals surface area contributed by atoms with E-state index in [4.69, 9.17) is 4.74 Å². The van der Waals surface area contributed by atoms with E-state index in [0.29, 0.717) is 12.1 Å². The molecule has 0 aromatic rings. The van der Waals surface area contributed by atoms with Gasteiger partial charge in [-0.3, -0.25) is 4.90 Å². The van der Waals surface area contributed by atoms with Crippen molar-refractivity contribution in [3.63, 3.8) is 0 Å². The smallest absolute Gasteiger partial charge is 0.0702 e. The Hall–Kier alpha value is -0.160. The van der Waals surface area contributed by atoms with E-state index in [1.165, 1.54) is 0 Å². The van der Waals surface area contributed by atoms with Gasteiger partial charge in [-0.05, 0) is 26.9 Å². The maximum absolute atomic E-state index is 9.19. The van der Waals surface area contributed by atoms with E-state index < -0.39 is 0 Å². The van der Waals surface area contributed by atoms with Gasteiger partial charge in [-0.2, -0.15) is 0 Å². The number of hydrogen-bond donors (Lipinski definition) is 2. The molecule has 1 rings (SSSR count). The number of nitrogens with zero attached hydrogens (tertiary/aromatic N) is 1. The molecular weight excluding hydrogens is 192 g/mol. The number of aliphatic hydroxyl groups excluding tert-OH is 1. The first kappa shape index (κ1) is 12.9. The van der Waals surface area contributed by atoms with E-state index in [-0.39, 0.29) is 12.6 Å². The molecular formula is C11H24N2O2. The molecule has 0 aliphatic carbocycles. The average Bonchev–Trinajstić information content (AvgIpc) is 2.63. The van der Waals surface area contributed by atoms with Gasteiger partial charge in [0.05, 0.1) is 12.7 Å². The van der Waals surface area contributed by atoms with Crippen LogP contribution < -0.4 is 5.32 Å². The molecule has 4 nitrogen and oxygen atoms in total. The van der Waals surface area contributed by atoms with Crippen molar-refractivity contribution >= 4 is 0 Å². The van der Waals surface area contributed by atoms with Crippen LogP contribution in [0.15, 0.2) is 0 Å².